The Morgan fingerprint density at radius 3 is 2.20 bits per heavy atom. The Morgan fingerprint density at radius 2 is 1.53 bits per heavy atom. The zero-order valence-corrected chi connectivity index (χ0v) is 32.5. The summed E-state index contributed by atoms with van der Waals surface area (Å²) < 4.78 is 2.25. The van der Waals surface area contributed by atoms with Crippen molar-refractivity contribution in [2.24, 2.45) is 16.6 Å². The molecule has 0 bridgehead atoms. The number of thiophene rings is 1. The lowest BCUT2D eigenvalue weighted by Crippen LogP contribution is -2.33. The summed E-state index contributed by atoms with van der Waals surface area (Å²) in [6, 6.07) is 24.4. The maximum Gasteiger partial charge on any atom is 0.253 e. The van der Waals surface area contributed by atoms with E-state index >= 15 is 0 Å². The van der Waals surface area contributed by atoms with Gasteiger partial charge in [0.15, 0.2) is 0 Å². The number of aryl methyl sites for hydroxylation is 1. The fourth-order valence-electron chi connectivity index (χ4n) is 6.96. The van der Waals surface area contributed by atoms with Crippen molar-refractivity contribution in [3.63, 3.8) is 0 Å². The van der Waals surface area contributed by atoms with Crippen LogP contribution in [0.2, 0.25) is 0 Å². The van der Waals surface area contributed by atoms with Crippen molar-refractivity contribution in [3.8, 4) is 27.4 Å². The highest BCUT2D eigenvalue weighted by Crippen LogP contribution is 2.37. The summed E-state index contributed by atoms with van der Waals surface area (Å²) in [5.74, 6) is -0.457. The lowest BCUT2D eigenvalue weighted by atomic mass is 10.0. The van der Waals surface area contributed by atoms with E-state index in [2.05, 4.69) is 22.7 Å². The van der Waals surface area contributed by atoms with E-state index in [1.54, 1.807) is 29.7 Å². The second kappa shape index (κ2) is 20.6. The Balaban J connectivity index is 1.48. The topological polar surface area (TPSA) is 179 Å². The second-order valence-corrected chi connectivity index (χ2v) is 15.0. The van der Waals surface area contributed by atoms with Crippen LogP contribution in [0.15, 0.2) is 84.0 Å². The van der Waals surface area contributed by atoms with Crippen molar-refractivity contribution in [3.05, 3.63) is 100 Å². The van der Waals surface area contributed by atoms with Crippen LogP contribution in [0.25, 0.3) is 32.6 Å². The van der Waals surface area contributed by atoms with Gasteiger partial charge in [-0.05, 0) is 104 Å². The monoisotopic (exact) mass is 766 g/mol. The van der Waals surface area contributed by atoms with Crippen molar-refractivity contribution in [2.75, 3.05) is 26.2 Å². The number of hydrogen-bond acceptors (Lipinski definition) is 9. The van der Waals surface area contributed by atoms with Crippen LogP contribution in [0.1, 0.15) is 91.1 Å². The van der Waals surface area contributed by atoms with Gasteiger partial charge >= 0.3 is 0 Å². The summed E-state index contributed by atoms with van der Waals surface area (Å²) >= 11 is 1.33. The Labute approximate surface area is 327 Å². The number of phenols is 1. The molecule has 0 saturated carbocycles. The van der Waals surface area contributed by atoms with E-state index < -0.39 is 5.91 Å². The lowest BCUT2D eigenvalue weighted by Gasteiger charge is -2.23. The number of hydrogen-bond donors (Lipinski definition) is 6. The molecule has 0 radical (unpaired) electrons. The van der Waals surface area contributed by atoms with Gasteiger partial charge in [0.25, 0.3) is 5.91 Å². The Morgan fingerprint density at radius 1 is 0.818 bits per heavy atom. The molecule has 5 rings (SSSR count). The number of hydroxylamine groups is 1. The van der Waals surface area contributed by atoms with Gasteiger partial charge in [-0.25, -0.2) is 5.48 Å². The predicted octanol–water partition coefficient (Wildman–Crippen LogP) is 7.91. The molecule has 55 heavy (non-hydrogen) atoms. The minimum Gasteiger partial charge on any atom is -0.508 e. The maximum absolute atomic E-state index is 13.7. The smallest absolute Gasteiger partial charge is 0.253 e. The van der Waals surface area contributed by atoms with Gasteiger partial charge in [-0.15, -0.1) is 11.3 Å². The number of oxime groups is 1. The molecule has 8 N–H and O–H groups in total. The summed E-state index contributed by atoms with van der Waals surface area (Å²) in [5.41, 5.74) is 19.2. The van der Waals surface area contributed by atoms with E-state index in [1.807, 2.05) is 53.4 Å². The first-order valence-corrected chi connectivity index (χ1v) is 20.1. The predicted molar refractivity (Wildman–Crippen MR) is 221 cm³/mol. The molecular weight excluding hydrogens is 713 g/mol. The average Bonchev–Trinajstić information content (AvgIpc) is 3.78. The van der Waals surface area contributed by atoms with E-state index in [0.717, 1.165) is 86.6 Å². The molecule has 3 aromatic carbocycles. The first-order chi connectivity index (χ1) is 26.8. The number of nitrogens with one attached hydrogen (secondary N) is 1. The van der Waals surface area contributed by atoms with Gasteiger partial charge in [0.1, 0.15) is 11.5 Å². The number of nitrogens with two attached hydrogens (primary N) is 2. The summed E-state index contributed by atoms with van der Waals surface area (Å²) in [6.45, 7) is 5.62. The van der Waals surface area contributed by atoms with Gasteiger partial charge in [0.2, 0.25) is 5.91 Å². The molecule has 11 nitrogen and oxygen atoms in total. The van der Waals surface area contributed by atoms with E-state index in [0.29, 0.717) is 57.4 Å². The number of amides is 2. The molecule has 5 aromatic rings. The first kappa shape index (κ1) is 41.2. The van der Waals surface area contributed by atoms with Crippen LogP contribution in [0, 0.1) is 0 Å². The van der Waals surface area contributed by atoms with Gasteiger partial charge in [-0.1, -0.05) is 74.2 Å². The average molecular weight is 767 g/mol. The zero-order valence-electron chi connectivity index (χ0n) is 31.7. The molecule has 2 amide bonds. The summed E-state index contributed by atoms with van der Waals surface area (Å²) in [6.07, 6.45) is 8.94. The van der Waals surface area contributed by atoms with E-state index in [-0.39, 0.29) is 18.1 Å². The molecule has 0 saturated heterocycles. The molecular formula is C43H54N6O5S. The van der Waals surface area contributed by atoms with Crippen LogP contribution in [0.3, 0.4) is 0 Å². The van der Waals surface area contributed by atoms with Crippen molar-refractivity contribution >= 4 is 39.8 Å². The molecule has 0 atom stereocenters. The Bertz CT molecular complexity index is 2040. The summed E-state index contributed by atoms with van der Waals surface area (Å²) in [7, 11) is 0. The number of aromatic hydroxyl groups is 1. The highest BCUT2D eigenvalue weighted by molar-refractivity contribution is 7.17. The normalized spacial score (nSPS) is 11.7. The molecule has 2 aromatic heterocycles. The Kier molecular flexibility index (Phi) is 15.4. The number of aromatic nitrogens is 1. The van der Waals surface area contributed by atoms with E-state index in [9.17, 15) is 25.1 Å². The molecule has 0 unspecified atom stereocenters. The number of phenolic OH excluding ortho intramolecular Hbond substituents is 1. The third-order valence-corrected chi connectivity index (χ3v) is 11.1. The van der Waals surface area contributed by atoms with Crippen LogP contribution in [-0.4, -0.2) is 68.7 Å². The molecule has 0 aliphatic rings. The number of carbonyl (C=O) groups excluding carboxylic acids is 2. The fourth-order valence-corrected chi connectivity index (χ4v) is 8.14. The minimum absolute atomic E-state index is 0.0562. The van der Waals surface area contributed by atoms with Crippen LogP contribution in [-0.2, 0) is 17.8 Å². The second-order valence-electron chi connectivity index (χ2n) is 13.9. The fraction of sp³-hybridized carbons (Fsp3) is 0.372. The molecule has 0 fully saturated rings. The molecule has 0 aliphatic heterocycles. The molecule has 0 aliphatic carbocycles. The highest BCUT2D eigenvalue weighted by Gasteiger charge is 2.21. The van der Waals surface area contributed by atoms with Gasteiger partial charge in [0, 0.05) is 52.2 Å². The van der Waals surface area contributed by atoms with Crippen molar-refractivity contribution in [2.45, 2.75) is 77.7 Å². The van der Waals surface area contributed by atoms with Crippen molar-refractivity contribution < 1.29 is 25.1 Å². The quantitative estimate of drug-likeness (QED) is 0.0144. The minimum atomic E-state index is -0.590. The third-order valence-electron chi connectivity index (χ3n) is 9.87. The van der Waals surface area contributed by atoms with Crippen LogP contribution >= 0.6 is 11.3 Å². The molecule has 0 spiro atoms. The zero-order chi connectivity index (χ0) is 39.2. The highest BCUT2D eigenvalue weighted by atomic mass is 32.1. The van der Waals surface area contributed by atoms with Gasteiger partial charge in [-0.2, -0.15) is 0 Å². The maximum atomic E-state index is 13.7. The largest absolute Gasteiger partial charge is 0.508 e. The van der Waals surface area contributed by atoms with Crippen molar-refractivity contribution in [1.29, 1.82) is 0 Å². The molecule has 2 heterocycles. The first-order valence-electron chi connectivity index (χ1n) is 19.3. The molecule has 12 heteroatoms. The number of rotatable bonds is 21. The van der Waals surface area contributed by atoms with Gasteiger partial charge in [-0.3, -0.25) is 14.8 Å². The van der Waals surface area contributed by atoms with Crippen LogP contribution in [0.5, 0.6) is 5.75 Å². The van der Waals surface area contributed by atoms with E-state index in [4.69, 9.17) is 11.5 Å². The number of unbranched alkanes of at least 4 members (excludes halogenated alkanes) is 6. The Hall–Kier alpha value is -5.01. The summed E-state index contributed by atoms with van der Waals surface area (Å²) in [4.78, 5) is 29.3. The third kappa shape index (κ3) is 10.6. The van der Waals surface area contributed by atoms with E-state index in [1.165, 1.54) is 17.8 Å². The summed E-state index contributed by atoms with van der Waals surface area (Å²) in [5, 5.41) is 34.5. The van der Waals surface area contributed by atoms with Gasteiger partial charge < -0.3 is 31.2 Å². The van der Waals surface area contributed by atoms with Crippen LogP contribution in [0.4, 0.5) is 0 Å². The van der Waals surface area contributed by atoms with Crippen molar-refractivity contribution in [1.82, 2.24) is 14.9 Å². The number of carbonyl (C=O) groups is 2. The number of fused-ring (bicyclic) bond motifs is 1. The standard InChI is InChI=1S/C43H54N6O5S/c1-2-3-4-8-22-48(23-9-5-6-20-44)43(52)31-16-14-30(15-17-31)37-26-32-18-19-33(27-38(32)49(37)24-10-7-21-45)41(47-54)39-28-35(29-40(51)46-53)42(55-39)34-12-11-13-36(50)25-34/h11-19,25-28,50,53-54H,2-10,20-24,29,44-45H2,1H3,(H,46,51)/b47-41+. The van der Waals surface area contributed by atoms with Crippen LogP contribution < -0.4 is 16.9 Å². The number of benzene rings is 3. The number of nitrogens with zero attached hydrogens (tertiary/aromatic N) is 3. The molecule has 292 valence electrons. The lowest BCUT2D eigenvalue weighted by molar-refractivity contribution is -0.128. The van der Waals surface area contributed by atoms with Gasteiger partial charge in [0.05, 0.1) is 11.3 Å². The SMILES string of the molecule is CCCCCCN(CCCCCN)C(=O)c1ccc(-c2cc3ccc(/C(=N\O)c4cc(CC(=O)NO)c(-c5cccc(O)c5)s4)cc3n2CCCCN)cc1.